The quantitative estimate of drug-likeness (QED) is 0.927. The van der Waals surface area contributed by atoms with Gasteiger partial charge in [0.15, 0.2) is 0 Å². The molecule has 1 amide bonds. The van der Waals surface area contributed by atoms with Crippen molar-refractivity contribution in [2.24, 2.45) is 0 Å². The minimum atomic E-state index is -2.60. The Morgan fingerprint density at radius 1 is 1.26 bits per heavy atom. The molecular formula is C14H13F2NO2. The van der Waals surface area contributed by atoms with Gasteiger partial charge in [0, 0.05) is 12.4 Å². The molecule has 0 atom stereocenters. The Morgan fingerprint density at radius 2 is 1.95 bits per heavy atom. The van der Waals surface area contributed by atoms with Crippen LogP contribution in [-0.4, -0.2) is 35.9 Å². The fourth-order valence-corrected chi connectivity index (χ4v) is 1.92. The van der Waals surface area contributed by atoms with E-state index in [-0.39, 0.29) is 11.3 Å². The summed E-state index contributed by atoms with van der Waals surface area (Å²) in [7, 11) is 1.28. The first kappa shape index (κ1) is 13.3. The molecule has 0 unspecified atom stereocenters. The molecule has 3 nitrogen and oxygen atoms in total. The van der Waals surface area contributed by atoms with E-state index in [4.69, 9.17) is 0 Å². The standard InChI is InChI=1S/C14H13F2NO2/c1-17(8-12(15)16)14(19)11-7-6-9-4-2-3-5-10(9)13(11)18/h2-7,12,18H,8H2,1H3. The van der Waals surface area contributed by atoms with Crippen LogP contribution in [-0.2, 0) is 0 Å². The molecule has 0 radical (unpaired) electrons. The van der Waals surface area contributed by atoms with E-state index in [1.807, 2.05) is 6.07 Å². The maximum Gasteiger partial charge on any atom is 0.257 e. The number of carbonyl (C=O) groups excluding carboxylic acids is 1. The summed E-state index contributed by atoms with van der Waals surface area (Å²) in [5.74, 6) is -0.798. The zero-order valence-corrected chi connectivity index (χ0v) is 10.3. The van der Waals surface area contributed by atoms with Gasteiger partial charge in [-0.05, 0) is 11.5 Å². The summed E-state index contributed by atoms with van der Waals surface area (Å²) in [5, 5.41) is 11.4. The molecule has 100 valence electrons. The largest absolute Gasteiger partial charge is 0.506 e. The number of hydrogen-bond acceptors (Lipinski definition) is 2. The van der Waals surface area contributed by atoms with E-state index >= 15 is 0 Å². The molecule has 2 aromatic rings. The van der Waals surface area contributed by atoms with Crippen LogP contribution in [0.25, 0.3) is 10.8 Å². The monoisotopic (exact) mass is 265 g/mol. The number of carbonyl (C=O) groups is 1. The van der Waals surface area contributed by atoms with Crippen LogP contribution in [0.2, 0.25) is 0 Å². The van der Waals surface area contributed by atoms with Crippen LogP contribution in [0.15, 0.2) is 36.4 Å². The molecule has 0 saturated heterocycles. The van der Waals surface area contributed by atoms with Crippen molar-refractivity contribution in [1.29, 1.82) is 0 Å². The van der Waals surface area contributed by atoms with Gasteiger partial charge in [-0.25, -0.2) is 8.78 Å². The third kappa shape index (κ3) is 2.65. The summed E-state index contributed by atoms with van der Waals surface area (Å²) >= 11 is 0. The maximum atomic E-state index is 12.3. The number of nitrogens with zero attached hydrogens (tertiary/aromatic N) is 1. The summed E-state index contributed by atoms with van der Waals surface area (Å²) in [6.07, 6.45) is -2.60. The summed E-state index contributed by atoms with van der Waals surface area (Å²) in [6.45, 7) is -0.662. The minimum Gasteiger partial charge on any atom is -0.506 e. The van der Waals surface area contributed by atoms with Gasteiger partial charge in [0.05, 0.1) is 12.1 Å². The fourth-order valence-electron chi connectivity index (χ4n) is 1.92. The molecule has 0 aliphatic heterocycles. The van der Waals surface area contributed by atoms with Crippen molar-refractivity contribution in [2.45, 2.75) is 6.43 Å². The first-order chi connectivity index (χ1) is 9.00. The molecular weight excluding hydrogens is 252 g/mol. The average Bonchev–Trinajstić information content (AvgIpc) is 2.38. The number of halogens is 2. The summed E-state index contributed by atoms with van der Waals surface area (Å²) in [5.41, 5.74) is 0.0295. The number of phenols is 1. The van der Waals surface area contributed by atoms with E-state index in [9.17, 15) is 18.7 Å². The molecule has 0 aliphatic rings. The lowest BCUT2D eigenvalue weighted by atomic mass is 10.0. The number of aromatic hydroxyl groups is 1. The van der Waals surface area contributed by atoms with Crippen molar-refractivity contribution in [1.82, 2.24) is 4.90 Å². The molecule has 5 heteroatoms. The minimum absolute atomic E-state index is 0.0295. The zero-order valence-electron chi connectivity index (χ0n) is 10.3. The number of fused-ring (bicyclic) bond motifs is 1. The Kier molecular flexibility index (Phi) is 3.64. The Hall–Kier alpha value is -2.17. The van der Waals surface area contributed by atoms with E-state index in [0.29, 0.717) is 5.39 Å². The summed E-state index contributed by atoms with van der Waals surface area (Å²) in [4.78, 5) is 12.9. The average molecular weight is 265 g/mol. The lowest BCUT2D eigenvalue weighted by molar-refractivity contribution is 0.0618. The van der Waals surface area contributed by atoms with Crippen LogP contribution in [0.4, 0.5) is 8.78 Å². The highest BCUT2D eigenvalue weighted by Crippen LogP contribution is 2.29. The molecule has 0 fully saturated rings. The van der Waals surface area contributed by atoms with Gasteiger partial charge in [0.1, 0.15) is 5.75 Å². The van der Waals surface area contributed by atoms with Crippen molar-refractivity contribution >= 4 is 16.7 Å². The topological polar surface area (TPSA) is 40.5 Å². The molecule has 0 aliphatic carbocycles. The number of phenolic OH excluding ortho intramolecular Hbond substituents is 1. The summed E-state index contributed by atoms with van der Waals surface area (Å²) in [6, 6.07) is 10.1. The SMILES string of the molecule is CN(CC(F)F)C(=O)c1ccc2ccccc2c1O. The Labute approximate surface area is 109 Å². The number of alkyl halides is 2. The lowest BCUT2D eigenvalue weighted by Gasteiger charge is -2.17. The third-order valence-electron chi connectivity index (χ3n) is 2.89. The second kappa shape index (κ2) is 5.22. The summed E-state index contributed by atoms with van der Waals surface area (Å²) < 4.78 is 24.5. The van der Waals surface area contributed by atoms with Gasteiger partial charge in [-0.2, -0.15) is 0 Å². The van der Waals surface area contributed by atoms with Crippen LogP contribution in [0.5, 0.6) is 5.75 Å². The number of amides is 1. The molecule has 0 saturated carbocycles. The van der Waals surface area contributed by atoms with Gasteiger partial charge in [-0.15, -0.1) is 0 Å². The van der Waals surface area contributed by atoms with Crippen molar-refractivity contribution in [3.8, 4) is 5.75 Å². The molecule has 0 spiro atoms. The van der Waals surface area contributed by atoms with Gasteiger partial charge in [-0.1, -0.05) is 30.3 Å². The van der Waals surface area contributed by atoms with E-state index in [0.717, 1.165) is 10.3 Å². The second-order valence-corrected chi connectivity index (χ2v) is 4.26. The van der Waals surface area contributed by atoms with Crippen LogP contribution in [0.1, 0.15) is 10.4 Å². The van der Waals surface area contributed by atoms with Crippen molar-refractivity contribution in [3.63, 3.8) is 0 Å². The number of benzene rings is 2. The van der Waals surface area contributed by atoms with Gasteiger partial charge in [0.2, 0.25) is 0 Å². The lowest BCUT2D eigenvalue weighted by Crippen LogP contribution is -2.31. The Bertz CT molecular complexity index is 613. The highest BCUT2D eigenvalue weighted by atomic mass is 19.3. The van der Waals surface area contributed by atoms with Crippen molar-refractivity contribution < 1.29 is 18.7 Å². The molecule has 2 rings (SSSR count). The Balaban J connectivity index is 2.40. The van der Waals surface area contributed by atoms with E-state index < -0.39 is 18.9 Å². The third-order valence-corrected chi connectivity index (χ3v) is 2.89. The highest BCUT2D eigenvalue weighted by molar-refractivity contribution is 6.03. The number of rotatable bonds is 3. The first-order valence-electron chi connectivity index (χ1n) is 5.75. The van der Waals surface area contributed by atoms with Crippen LogP contribution >= 0.6 is 0 Å². The molecule has 1 N–H and O–H groups in total. The molecule has 0 heterocycles. The smallest absolute Gasteiger partial charge is 0.257 e. The zero-order chi connectivity index (χ0) is 14.0. The fraction of sp³-hybridized carbons (Fsp3) is 0.214. The predicted molar refractivity (Wildman–Crippen MR) is 68.6 cm³/mol. The number of hydrogen-bond donors (Lipinski definition) is 1. The van der Waals surface area contributed by atoms with Gasteiger partial charge in [-0.3, -0.25) is 4.79 Å². The second-order valence-electron chi connectivity index (χ2n) is 4.26. The first-order valence-corrected chi connectivity index (χ1v) is 5.75. The maximum absolute atomic E-state index is 12.3. The molecule has 19 heavy (non-hydrogen) atoms. The van der Waals surface area contributed by atoms with Gasteiger partial charge < -0.3 is 10.0 Å². The van der Waals surface area contributed by atoms with Gasteiger partial charge in [0.25, 0.3) is 12.3 Å². The van der Waals surface area contributed by atoms with E-state index in [2.05, 4.69) is 0 Å². The molecule has 0 aromatic heterocycles. The van der Waals surface area contributed by atoms with Crippen LogP contribution in [0, 0.1) is 0 Å². The normalized spacial score (nSPS) is 10.9. The van der Waals surface area contributed by atoms with E-state index in [1.165, 1.54) is 13.1 Å². The Morgan fingerprint density at radius 3 is 2.63 bits per heavy atom. The van der Waals surface area contributed by atoms with E-state index in [1.54, 1.807) is 24.3 Å². The molecule has 0 bridgehead atoms. The molecule has 2 aromatic carbocycles. The van der Waals surface area contributed by atoms with Crippen LogP contribution < -0.4 is 0 Å². The highest BCUT2D eigenvalue weighted by Gasteiger charge is 2.19. The van der Waals surface area contributed by atoms with Crippen molar-refractivity contribution in [2.75, 3.05) is 13.6 Å². The van der Waals surface area contributed by atoms with Crippen molar-refractivity contribution in [3.05, 3.63) is 42.0 Å². The van der Waals surface area contributed by atoms with Crippen LogP contribution in [0.3, 0.4) is 0 Å². The predicted octanol–water partition coefficient (Wildman–Crippen LogP) is 2.88. The van der Waals surface area contributed by atoms with Gasteiger partial charge >= 0.3 is 0 Å².